The predicted molar refractivity (Wildman–Crippen MR) is 79.3 cm³/mol. The summed E-state index contributed by atoms with van der Waals surface area (Å²) in [7, 11) is -3.76. The zero-order valence-electron chi connectivity index (χ0n) is 11.7. The molecule has 0 bridgehead atoms. The molecule has 1 amide bonds. The van der Waals surface area contributed by atoms with Gasteiger partial charge in [0.25, 0.3) is 5.91 Å². The van der Waals surface area contributed by atoms with Crippen LogP contribution in [0.3, 0.4) is 0 Å². The highest BCUT2D eigenvalue weighted by atomic mass is 32.2. The van der Waals surface area contributed by atoms with Crippen molar-refractivity contribution in [3.8, 4) is 0 Å². The van der Waals surface area contributed by atoms with E-state index < -0.39 is 10.0 Å². The van der Waals surface area contributed by atoms with Crippen LogP contribution in [-0.4, -0.2) is 20.4 Å². The second kappa shape index (κ2) is 5.83. The van der Waals surface area contributed by atoms with E-state index >= 15 is 0 Å². The quantitative estimate of drug-likeness (QED) is 0.894. The van der Waals surface area contributed by atoms with Gasteiger partial charge in [-0.1, -0.05) is 6.92 Å². The molecule has 1 aromatic rings. The summed E-state index contributed by atoms with van der Waals surface area (Å²) >= 11 is 1.17. The average Bonchev–Trinajstić information content (AvgIpc) is 2.74. The van der Waals surface area contributed by atoms with Crippen molar-refractivity contribution in [1.29, 1.82) is 0 Å². The number of hydrogen-bond donors (Lipinski definition) is 2. The van der Waals surface area contributed by atoms with Crippen molar-refractivity contribution < 1.29 is 13.2 Å². The Labute approximate surface area is 123 Å². The summed E-state index contributed by atoms with van der Waals surface area (Å²) < 4.78 is 22.7. The van der Waals surface area contributed by atoms with E-state index in [1.165, 1.54) is 17.4 Å². The van der Waals surface area contributed by atoms with Crippen LogP contribution in [0.25, 0.3) is 0 Å². The summed E-state index contributed by atoms with van der Waals surface area (Å²) in [6.45, 7) is 3.88. The molecule has 1 saturated carbocycles. The number of primary sulfonamides is 1. The van der Waals surface area contributed by atoms with E-state index in [9.17, 15) is 13.2 Å². The molecular weight excluding hydrogens is 296 g/mol. The molecule has 0 aliphatic heterocycles. The van der Waals surface area contributed by atoms with Gasteiger partial charge in [0.15, 0.2) is 0 Å². The molecule has 0 radical (unpaired) electrons. The van der Waals surface area contributed by atoms with Crippen LogP contribution < -0.4 is 10.5 Å². The lowest BCUT2D eigenvalue weighted by atomic mass is 9.87. The Balaban J connectivity index is 2.07. The van der Waals surface area contributed by atoms with E-state index in [0.717, 1.165) is 31.6 Å². The minimum absolute atomic E-state index is 0.0462. The van der Waals surface area contributed by atoms with Crippen molar-refractivity contribution >= 4 is 27.3 Å². The number of carbonyl (C=O) groups is 1. The number of hydrogen-bond acceptors (Lipinski definition) is 4. The summed E-state index contributed by atoms with van der Waals surface area (Å²) in [5, 5.41) is 8.10. The van der Waals surface area contributed by atoms with Gasteiger partial charge in [-0.15, -0.1) is 11.3 Å². The van der Waals surface area contributed by atoms with Crippen LogP contribution in [0.5, 0.6) is 0 Å². The zero-order valence-corrected chi connectivity index (χ0v) is 13.3. The highest BCUT2D eigenvalue weighted by Crippen LogP contribution is 2.26. The third-order valence-electron chi connectivity index (χ3n) is 3.75. The first-order valence-corrected chi connectivity index (χ1v) is 9.07. The number of nitrogens with two attached hydrogens (primary N) is 1. The fraction of sp³-hybridized carbons (Fsp3) is 0.615. The van der Waals surface area contributed by atoms with Gasteiger partial charge >= 0.3 is 0 Å². The molecule has 5 nitrogen and oxygen atoms in total. The molecule has 7 heteroatoms. The molecule has 1 aliphatic rings. The monoisotopic (exact) mass is 316 g/mol. The smallest absolute Gasteiger partial charge is 0.261 e. The second-order valence-electron chi connectivity index (χ2n) is 5.51. The van der Waals surface area contributed by atoms with E-state index in [4.69, 9.17) is 5.14 Å². The zero-order chi connectivity index (χ0) is 14.9. The van der Waals surface area contributed by atoms with Gasteiger partial charge in [0.1, 0.15) is 0 Å². The summed E-state index contributed by atoms with van der Waals surface area (Å²) in [5.41, 5.74) is 0. The van der Waals surface area contributed by atoms with Crippen molar-refractivity contribution in [2.75, 3.05) is 0 Å². The van der Waals surface area contributed by atoms with Gasteiger partial charge in [-0.25, -0.2) is 13.6 Å². The van der Waals surface area contributed by atoms with Crippen molar-refractivity contribution in [2.24, 2.45) is 11.1 Å². The second-order valence-corrected chi connectivity index (χ2v) is 8.29. The van der Waals surface area contributed by atoms with E-state index in [1.807, 2.05) is 0 Å². The van der Waals surface area contributed by atoms with Gasteiger partial charge in [0, 0.05) is 10.9 Å². The van der Waals surface area contributed by atoms with Gasteiger partial charge in [0.05, 0.1) is 9.77 Å². The fourth-order valence-corrected chi connectivity index (χ4v) is 4.57. The molecule has 3 N–H and O–H groups in total. The maximum Gasteiger partial charge on any atom is 0.261 e. The molecule has 0 saturated heterocycles. The number of amides is 1. The van der Waals surface area contributed by atoms with E-state index in [2.05, 4.69) is 12.2 Å². The Hall–Kier alpha value is -0.920. The lowest BCUT2D eigenvalue weighted by Gasteiger charge is -2.26. The average molecular weight is 316 g/mol. The summed E-state index contributed by atoms with van der Waals surface area (Å²) in [5.74, 6) is 0.522. The Morgan fingerprint density at radius 2 is 1.95 bits per heavy atom. The van der Waals surface area contributed by atoms with Crippen LogP contribution >= 0.6 is 11.3 Å². The molecule has 2 rings (SSSR count). The summed E-state index contributed by atoms with van der Waals surface area (Å²) in [4.78, 5) is 13.2. The number of aryl methyl sites for hydroxylation is 1. The molecule has 1 aromatic heterocycles. The van der Waals surface area contributed by atoms with E-state index in [-0.39, 0.29) is 16.8 Å². The molecule has 0 spiro atoms. The number of rotatable bonds is 3. The Kier molecular flexibility index (Phi) is 4.51. The first-order chi connectivity index (χ1) is 9.27. The normalized spacial score (nSPS) is 23.6. The first kappa shape index (κ1) is 15.5. The molecule has 1 heterocycles. The SMILES string of the molecule is Cc1sc(C(=O)NC2CCC(C)CC2)cc1S(N)(=O)=O. The van der Waals surface area contributed by atoms with Crippen LogP contribution in [0.4, 0.5) is 0 Å². The minimum Gasteiger partial charge on any atom is -0.349 e. The summed E-state index contributed by atoms with van der Waals surface area (Å²) in [6.07, 6.45) is 4.21. The molecule has 0 atom stereocenters. The third-order valence-corrected chi connectivity index (χ3v) is 5.97. The number of sulfonamides is 1. The number of thiophene rings is 1. The van der Waals surface area contributed by atoms with E-state index in [0.29, 0.717) is 9.75 Å². The Morgan fingerprint density at radius 3 is 2.45 bits per heavy atom. The minimum atomic E-state index is -3.76. The Morgan fingerprint density at radius 1 is 1.35 bits per heavy atom. The molecule has 112 valence electrons. The van der Waals surface area contributed by atoms with Crippen molar-refractivity contribution in [3.05, 3.63) is 15.8 Å². The van der Waals surface area contributed by atoms with Gasteiger partial charge < -0.3 is 5.32 Å². The highest BCUT2D eigenvalue weighted by molar-refractivity contribution is 7.89. The van der Waals surface area contributed by atoms with Gasteiger partial charge in [-0.3, -0.25) is 4.79 Å². The summed E-state index contributed by atoms with van der Waals surface area (Å²) in [6, 6.07) is 1.56. The van der Waals surface area contributed by atoms with Gasteiger partial charge in [-0.05, 0) is 44.6 Å². The van der Waals surface area contributed by atoms with Crippen LogP contribution in [0.2, 0.25) is 0 Å². The highest BCUT2D eigenvalue weighted by Gasteiger charge is 2.23. The molecular formula is C13H20N2O3S2. The fourth-order valence-electron chi connectivity index (χ4n) is 2.52. The molecule has 20 heavy (non-hydrogen) atoms. The van der Waals surface area contributed by atoms with Gasteiger partial charge in [0.2, 0.25) is 10.0 Å². The van der Waals surface area contributed by atoms with Crippen LogP contribution in [0.1, 0.15) is 47.2 Å². The lowest BCUT2D eigenvalue weighted by molar-refractivity contribution is 0.0927. The maximum atomic E-state index is 12.2. The number of carbonyl (C=O) groups excluding carboxylic acids is 1. The Bertz CT molecular complexity index is 599. The van der Waals surface area contributed by atoms with Gasteiger partial charge in [-0.2, -0.15) is 0 Å². The first-order valence-electron chi connectivity index (χ1n) is 6.71. The van der Waals surface area contributed by atoms with Crippen molar-refractivity contribution in [3.63, 3.8) is 0 Å². The van der Waals surface area contributed by atoms with Crippen molar-refractivity contribution in [2.45, 2.75) is 50.5 Å². The number of nitrogens with one attached hydrogen (secondary N) is 1. The standard InChI is InChI=1S/C13H20N2O3S2/c1-8-3-5-10(6-4-8)15-13(16)11-7-12(9(2)19-11)20(14,17)18/h7-8,10H,3-6H2,1-2H3,(H,15,16)(H2,14,17,18). The molecule has 1 aliphatic carbocycles. The molecule has 0 aromatic carbocycles. The molecule has 0 unspecified atom stereocenters. The van der Waals surface area contributed by atoms with Crippen LogP contribution in [0.15, 0.2) is 11.0 Å². The lowest BCUT2D eigenvalue weighted by Crippen LogP contribution is -2.37. The van der Waals surface area contributed by atoms with Crippen LogP contribution in [0, 0.1) is 12.8 Å². The van der Waals surface area contributed by atoms with Crippen LogP contribution in [-0.2, 0) is 10.0 Å². The maximum absolute atomic E-state index is 12.2. The predicted octanol–water partition coefficient (Wildman–Crippen LogP) is 2.01. The van der Waals surface area contributed by atoms with E-state index in [1.54, 1.807) is 6.92 Å². The third kappa shape index (κ3) is 3.59. The largest absolute Gasteiger partial charge is 0.349 e. The topological polar surface area (TPSA) is 89.3 Å². The van der Waals surface area contributed by atoms with Crippen molar-refractivity contribution in [1.82, 2.24) is 5.32 Å². The molecule has 1 fully saturated rings.